The van der Waals surface area contributed by atoms with Crippen molar-refractivity contribution >= 4 is 11.9 Å². The summed E-state index contributed by atoms with van der Waals surface area (Å²) in [7, 11) is 1.63. The van der Waals surface area contributed by atoms with Crippen molar-refractivity contribution in [2.24, 2.45) is 0 Å². The van der Waals surface area contributed by atoms with E-state index in [9.17, 15) is 9.59 Å². The number of esters is 2. The number of hydrogen-bond acceptors (Lipinski definition) is 4. The van der Waals surface area contributed by atoms with Crippen LogP contribution in [0.3, 0.4) is 0 Å². The van der Waals surface area contributed by atoms with Gasteiger partial charge in [-0.3, -0.25) is 9.59 Å². The number of unbranched alkanes of at least 4 members (excludes halogenated alkanes) is 2. The molecule has 0 unspecified atom stereocenters. The maximum atomic E-state index is 10.9. The van der Waals surface area contributed by atoms with Gasteiger partial charge >= 0.3 is 11.9 Å². The van der Waals surface area contributed by atoms with Crippen LogP contribution in [0.5, 0.6) is 0 Å². The summed E-state index contributed by atoms with van der Waals surface area (Å²) in [5.74, 6) is -0.933. The van der Waals surface area contributed by atoms with Crippen LogP contribution in [0, 0.1) is 0 Å². The molecule has 0 saturated heterocycles. The lowest BCUT2D eigenvalue weighted by Crippen LogP contribution is -2.23. The zero-order valence-corrected chi connectivity index (χ0v) is 8.26. The molecule has 4 nitrogen and oxygen atoms in total. The fraction of sp³-hybridized carbons (Fsp3) is 0.778. The molecule has 0 bridgehead atoms. The minimum absolute atomic E-state index is 0.0829. The van der Waals surface area contributed by atoms with Gasteiger partial charge in [-0.2, -0.15) is 0 Å². The van der Waals surface area contributed by atoms with Gasteiger partial charge in [-0.25, -0.2) is 0 Å². The van der Waals surface area contributed by atoms with Crippen LogP contribution in [0.2, 0.25) is 0 Å². The molecule has 0 spiro atoms. The van der Waals surface area contributed by atoms with E-state index in [1.54, 1.807) is 7.05 Å². The van der Waals surface area contributed by atoms with Crippen LogP contribution in [-0.4, -0.2) is 25.5 Å². The molecule has 0 aromatic carbocycles. The van der Waals surface area contributed by atoms with Crippen LogP contribution < -0.4 is 5.32 Å². The zero-order valence-electron chi connectivity index (χ0n) is 8.26. The maximum Gasteiger partial charge on any atom is 0.327 e. The van der Waals surface area contributed by atoms with E-state index in [2.05, 4.69) is 17.0 Å². The predicted octanol–water partition coefficient (Wildman–Crippen LogP) is 0.856. The predicted molar refractivity (Wildman–Crippen MR) is 49.2 cm³/mol. The Labute approximate surface area is 78.6 Å². The van der Waals surface area contributed by atoms with Gasteiger partial charge in [0, 0.05) is 6.42 Å². The van der Waals surface area contributed by atoms with Crippen molar-refractivity contribution in [2.45, 2.75) is 32.6 Å². The third-order valence-corrected chi connectivity index (χ3v) is 1.53. The van der Waals surface area contributed by atoms with E-state index >= 15 is 0 Å². The molecule has 0 aliphatic rings. The highest BCUT2D eigenvalue weighted by molar-refractivity contribution is 5.86. The zero-order chi connectivity index (χ0) is 10.1. The Morgan fingerprint density at radius 1 is 1.23 bits per heavy atom. The summed E-state index contributed by atoms with van der Waals surface area (Å²) in [6.07, 6.45) is 3.18. The summed E-state index contributed by atoms with van der Waals surface area (Å²) in [6.45, 7) is 2.14. The van der Waals surface area contributed by atoms with E-state index in [1.165, 1.54) is 0 Å². The molecular formula is C9H17NO3. The van der Waals surface area contributed by atoms with Crippen LogP contribution >= 0.6 is 0 Å². The maximum absolute atomic E-state index is 10.9. The second-order valence-corrected chi connectivity index (χ2v) is 2.83. The number of ether oxygens (including phenoxy) is 1. The molecule has 0 amide bonds. The van der Waals surface area contributed by atoms with Crippen molar-refractivity contribution in [2.75, 3.05) is 13.6 Å². The third kappa shape index (κ3) is 7.46. The molecule has 0 fully saturated rings. The average molecular weight is 187 g/mol. The lowest BCUT2D eigenvalue weighted by Gasteiger charge is -2.01. The molecule has 0 aromatic rings. The second-order valence-electron chi connectivity index (χ2n) is 2.83. The Bertz CT molecular complexity index is 168. The van der Waals surface area contributed by atoms with Crippen molar-refractivity contribution in [3.8, 4) is 0 Å². The third-order valence-electron chi connectivity index (χ3n) is 1.53. The number of rotatable bonds is 6. The van der Waals surface area contributed by atoms with Crippen LogP contribution in [0.1, 0.15) is 32.6 Å². The van der Waals surface area contributed by atoms with Crippen molar-refractivity contribution < 1.29 is 14.3 Å². The number of nitrogens with one attached hydrogen (secondary N) is 1. The van der Waals surface area contributed by atoms with E-state index in [0.717, 1.165) is 19.3 Å². The molecule has 0 rings (SSSR count). The van der Waals surface area contributed by atoms with Gasteiger partial charge in [0.05, 0.1) is 6.54 Å². The number of carbonyl (C=O) groups excluding carboxylic acids is 2. The first-order chi connectivity index (χ1) is 6.20. The lowest BCUT2D eigenvalue weighted by atomic mass is 10.2. The molecule has 0 aliphatic carbocycles. The molecule has 4 heteroatoms. The Kier molecular flexibility index (Phi) is 7.20. The van der Waals surface area contributed by atoms with E-state index in [0.29, 0.717) is 6.42 Å². The van der Waals surface area contributed by atoms with Gasteiger partial charge in [0.25, 0.3) is 0 Å². The van der Waals surface area contributed by atoms with Gasteiger partial charge in [0.15, 0.2) is 0 Å². The Morgan fingerprint density at radius 3 is 2.46 bits per heavy atom. The standard InChI is InChI=1S/C9H17NO3/c1-3-4-5-6-8(11)13-9(12)7-10-2/h10H,3-7H2,1-2H3. The number of carbonyl (C=O) groups is 2. The number of likely N-dealkylation sites (N-methyl/N-ethyl adjacent to an activating group) is 1. The minimum Gasteiger partial charge on any atom is -0.392 e. The van der Waals surface area contributed by atoms with Gasteiger partial charge in [-0.1, -0.05) is 19.8 Å². The summed E-state index contributed by atoms with van der Waals surface area (Å²) >= 11 is 0. The van der Waals surface area contributed by atoms with Crippen LogP contribution in [0.4, 0.5) is 0 Å². The van der Waals surface area contributed by atoms with Crippen LogP contribution in [0.25, 0.3) is 0 Å². The second kappa shape index (κ2) is 7.73. The van der Waals surface area contributed by atoms with Crippen molar-refractivity contribution in [1.29, 1.82) is 0 Å². The van der Waals surface area contributed by atoms with Crippen LogP contribution in [-0.2, 0) is 14.3 Å². The molecule has 0 aromatic heterocycles. The molecule has 13 heavy (non-hydrogen) atoms. The largest absolute Gasteiger partial charge is 0.392 e. The number of hydrogen-bond donors (Lipinski definition) is 1. The summed E-state index contributed by atoms with van der Waals surface area (Å²) in [5, 5.41) is 2.61. The van der Waals surface area contributed by atoms with Crippen molar-refractivity contribution in [3.05, 3.63) is 0 Å². The summed E-state index contributed by atoms with van der Waals surface area (Å²) < 4.78 is 4.50. The molecule has 1 N–H and O–H groups in total. The highest BCUT2D eigenvalue weighted by Gasteiger charge is 2.08. The smallest absolute Gasteiger partial charge is 0.327 e. The fourth-order valence-corrected chi connectivity index (χ4v) is 0.878. The van der Waals surface area contributed by atoms with Gasteiger partial charge in [0.2, 0.25) is 0 Å². The van der Waals surface area contributed by atoms with Crippen LogP contribution in [0.15, 0.2) is 0 Å². The Morgan fingerprint density at radius 2 is 1.92 bits per heavy atom. The summed E-state index contributed by atoms with van der Waals surface area (Å²) in [5.41, 5.74) is 0. The van der Waals surface area contributed by atoms with Gasteiger partial charge < -0.3 is 10.1 Å². The molecule has 0 radical (unpaired) electrons. The van der Waals surface area contributed by atoms with Crippen molar-refractivity contribution in [1.82, 2.24) is 5.32 Å². The molecule has 76 valence electrons. The topological polar surface area (TPSA) is 55.4 Å². The molecule has 0 aliphatic heterocycles. The van der Waals surface area contributed by atoms with Crippen molar-refractivity contribution in [3.63, 3.8) is 0 Å². The Balaban J connectivity index is 3.44. The minimum atomic E-state index is -0.510. The van der Waals surface area contributed by atoms with E-state index < -0.39 is 11.9 Å². The first-order valence-electron chi connectivity index (χ1n) is 4.58. The van der Waals surface area contributed by atoms with Gasteiger partial charge in [0.1, 0.15) is 0 Å². The van der Waals surface area contributed by atoms with E-state index in [4.69, 9.17) is 0 Å². The fourth-order valence-electron chi connectivity index (χ4n) is 0.878. The molecule has 0 heterocycles. The highest BCUT2D eigenvalue weighted by atomic mass is 16.6. The normalized spacial score (nSPS) is 9.69. The Hall–Kier alpha value is -0.900. The SMILES string of the molecule is CCCCCC(=O)OC(=O)CNC. The lowest BCUT2D eigenvalue weighted by molar-refractivity contribution is -0.158. The molecule has 0 saturated carbocycles. The average Bonchev–Trinajstić information content (AvgIpc) is 2.05. The molecule has 0 atom stereocenters. The summed E-state index contributed by atoms with van der Waals surface area (Å²) in [6, 6.07) is 0. The van der Waals surface area contributed by atoms with E-state index in [1.807, 2.05) is 0 Å². The molecular weight excluding hydrogens is 170 g/mol. The monoisotopic (exact) mass is 187 g/mol. The first kappa shape index (κ1) is 12.1. The van der Waals surface area contributed by atoms with E-state index in [-0.39, 0.29) is 6.54 Å². The van der Waals surface area contributed by atoms with Gasteiger partial charge in [-0.15, -0.1) is 0 Å². The quantitative estimate of drug-likeness (QED) is 0.380. The first-order valence-corrected chi connectivity index (χ1v) is 4.58. The highest BCUT2D eigenvalue weighted by Crippen LogP contribution is 2.00. The van der Waals surface area contributed by atoms with Gasteiger partial charge in [-0.05, 0) is 13.5 Å². The summed E-state index contributed by atoms with van der Waals surface area (Å²) in [4.78, 5) is 21.7.